The summed E-state index contributed by atoms with van der Waals surface area (Å²) in [6.07, 6.45) is 11.8. The molecule has 1 N–H and O–H groups in total. The summed E-state index contributed by atoms with van der Waals surface area (Å²) in [7, 11) is 0. The summed E-state index contributed by atoms with van der Waals surface area (Å²) >= 11 is 0. The molecule has 0 aliphatic rings. The molecule has 0 spiro atoms. The number of terminal acetylenes is 1. The van der Waals surface area contributed by atoms with Crippen LogP contribution >= 0.6 is 0 Å². The molecule has 0 aliphatic carbocycles. The summed E-state index contributed by atoms with van der Waals surface area (Å²) in [5.41, 5.74) is 1.32. The SMILES string of the molecule is C#CCCCNCCc1ccncc1. The number of aromatic nitrogens is 1. The van der Waals surface area contributed by atoms with Gasteiger partial charge in [-0.05, 0) is 43.6 Å². The summed E-state index contributed by atoms with van der Waals surface area (Å²) in [6, 6.07) is 4.09. The summed E-state index contributed by atoms with van der Waals surface area (Å²) in [5, 5.41) is 3.35. The molecule has 14 heavy (non-hydrogen) atoms. The van der Waals surface area contributed by atoms with E-state index in [4.69, 9.17) is 6.42 Å². The number of rotatable bonds is 6. The van der Waals surface area contributed by atoms with Crippen molar-refractivity contribution in [2.75, 3.05) is 13.1 Å². The van der Waals surface area contributed by atoms with Gasteiger partial charge in [-0.2, -0.15) is 0 Å². The lowest BCUT2D eigenvalue weighted by Gasteiger charge is -2.02. The van der Waals surface area contributed by atoms with E-state index >= 15 is 0 Å². The van der Waals surface area contributed by atoms with Gasteiger partial charge in [-0.1, -0.05) is 0 Å². The molecule has 0 unspecified atom stereocenters. The average molecular weight is 188 g/mol. The van der Waals surface area contributed by atoms with Crippen molar-refractivity contribution < 1.29 is 0 Å². The van der Waals surface area contributed by atoms with Crippen molar-refractivity contribution in [2.24, 2.45) is 0 Å². The third kappa shape index (κ3) is 4.64. The Balaban J connectivity index is 2.03. The molecule has 0 bridgehead atoms. The van der Waals surface area contributed by atoms with Crippen LogP contribution in [0.25, 0.3) is 0 Å². The first-order valence-corrected chi connectivity index (χ1v) is 4.96. The monoisotopic (exact) mass is 188 g/mol. The van der Waals surface area contributed by atoms with Crippen LogP contribution in [0.15, 0.2) is 24.5 Å². The number of hydrogen-bond donors (Lipinski definition) is 1. The molecule has 0 amide bonds. The van der Waals surface area contributed by atoms with Crippen LogP contribution in [0.2, 0.25) is 0 Å². The Morgan fingerprint density at radius 1 is 1.29 bits per heavy atom. The van der Waals surface area contributed by atoms with Gasteiger partial charge < -0.3 is 5.32 Å². The van der Waals surface area contributed by atoms with Gasteiger partial charge in [-0.15, -0.1) is 12.3 Å². The third-order valence-corrected chi connectivity index (χ3v) is 2.01. The van der Waals surface area contributed by atoms with Gasteiger partial charge in [0.25, 0.3) is 0 Å². The highest BCUT2D eigenvalue weighted by Crippen LogP contribution is 1.95. The van der Waals surface area contributed by atoms with Gasteiger partial charge in [0, 0.05) is 18.8 Å². The highest BCUT2D eigenvalue weighted by atomic mass is 14.8. The maximum absolute atomic E-state index is 5.15. The quantitative estimate of drug-likeness (QED) is 0.542. The molecule has 2 nitrogen and oxygen atoms in total. The molecule has 1 aromatic heterocycles. The van der Waals surface area contributed by atoms with E-state index in [2.05, 4.69) is 16.2 Å². The van der Waals surface area contributed by atoms with Crippen LogP contribution in [0.4, 0.5) is 0 Å². The molecule has 0 aromatic carbocycles. The molecule has 0 atom stereocenters. The van der Waals surface area contributed by atoms with Crippen molar-refractivity contribution in [2.45, 2.75) is 19.3 Å². The van der Waals surface area contributed by atoms with E-state index in [0.717, 1.165) is 32.4 Å². The molecule has 1 heterocycles. The van der Waals surface area contributed by atoms with Gasteiger partial charge in [-0.25, -0.2) is 0 Å². The molecule has 0 aliphatic heterocycles. The maximum Gasteiger partial charge on any atom is 0.0270 e. The summed E-state index contributed by atoms with van der Waals surface area (Å²) in [4.78, 5) is 3.97. The topological polar surface area (TPSA) is 24.9 Å². The summed E-state index contributed by atoms with van der Waals surface area (Å²) in [6.45, 7) is 2.02. The van der Waals surface area contributed by atoms with Gasteiger partial charge in [0.1, 0.15) is 0 Å². The molecule has 74 valence electrons. The van der Waals surface area contributed by atoms with Crippen molar-refractivity contribution in [3.05, 3.63) is 30.1 Å². The molecule has 1 rings (SSSR count). The molecule has 0 radical (unpaired) electrons. The van der Waals surface area contributed by atoms with Crippen molar-refractivity contribution in [3.63, 3.8) is 0 Å². The Bertz CT molecular complexity index is 274. The van der Waals surface area contributed by atoms with Crippen LogP contribution in [0.3, 0.4) is 0 Å². The molecule has 0 fully saturated rings. The van der Waals surface area contributed by atoms with E-state index in [9.17, 15) is 0 Å². The second kappa shape index (κ2) is 7.11. The van der Waals surface area contributed by atoms with E-state index in [1.165, 1.54) is 5.56 Å². The van der Waals surface area contributed by atoms with Crippen LogP contribution in [0.5, 0.6) is 0 Å². The second-order valence-corrected chi connectivity index (χ2v) is 3.16. The minimum Gasteiger partial charge on any atom is -0.316 e. The molecular formula is C12H16N2. The third-order valence-electron chi connectivity index (χ3n) is 2.01. The molecule has 1 aromatic rings. The number of nitrogens with zero attached hydrogens (tertiary/aromatic N) is 1. The lowest BCUT2D eigenvalue weighted by molar-refractivity contribution is 0.656. The van der Waals surface area contributed by atoms with E-state index in [1.54, 1.807) is 0 Å². The number of nitrogens with one attached hydrogen (secondary N) is 1. The van der Waals surface area contributed by atoms with Crippen LogP contribution in [0.1, 0.15) is 18.4 Å². The first kappa shape index (κ1) is 10.7. The normalized spacial score (nSPS) is 9.64. The summed E-state index contributed by atoms with van der Waals surface area (Å²) in [5.74, 6) is 2.63. The van der Waals surface area contributed by atoms with Crippen LogP contribution in [-0.4, -0.2) is 18.1 Å². The zero-order valence-electron chi connectivity index (χ0n) is 8.37. The fourth-order valence-electron chi connectivity index (χ4n) is 1.22. The van der Waals surface area contributed by atoms with Crippen molar-refractivity contribution in [3.8, 4) is 12.3 Å². The smallest absolute Gasteiger partial charge is 0.0270 e. The number of pyridine rings is 1. The predicted molar refractivity (Wildman–Crippen MR) is 58.9 cm³/mol. The first-order chi connectivity index (χ1) is 6.93. The average Bonchev–Trinajstić information content (AvgIpc) is 2.25. The molecular weight excluding hydrogens is 172 g/mol. The molecule has 0 saturated carbocycles. The van der Waals surface area contributed by atoms with E-state index in [-0.39, 0.29) is 0 Å². The standard InChI is InChI=1S/C12H16N2/c1-2-3-4-8-13-9-5-12-6-10-14-11-7-12/h1,6-7,10-11,13H,3-5,8-9H2. The maximum atomic E-state index is 5.15. The Kier molecular flexibility index (Phi) is 5.46. The zero-order chi connectivity index (χ0) is 10.1. The highest BCUT2D eigenvalue weighted by Gasteiger charge is 1.90. The number of hydrogen-bond acceptors (Lipinski definition) is 2. The van der Waals surface area contributed by atoms with Crippen LogP contribution < -0.4 is 5.32 Å². The fourth-order valence-corrected chi connectivity index (χ4v) is 1.22. The number of unbranched alkanes of at least 4 members (excludes halogenated alkanes) is 1. The Morgan fingerprint density at radius 2 is 2.07 bits per heavy atom. The Labute approximate surface area is 85.8 Å². The lowest BCUT2D eigenvalue weighted by atomic mass is 10.2. The van der Waals surface area contributed by atoms with Gasteiger partial charge >= 0.3 is 0 Å². The van der Waals surface area contributed by atoms with Gasteiger partial charge in [0.05, 0.1) is 0 Å². The predicted octanol–water partition coefficient (Wildman–Crippen LogP) is 1.63. The minimum atomic E-state index is 0.863. The van der Waals surface area contributed by atoms with Gasteiger partial charge in [0.2, 0.25) is 0 Å². The summed E-state index contributed by atoms with van der Waals surface area (Å²) < 4.78 is 0. The van der Waals surface area contributed by atoms with Gasteiger partial charge in [-0.3, -0.25) is 4.98 Å². The van der Waals surface area contributed by atoms with E-state index < -0.39 is 0 Å². The van der Waals surface area contributed by atoms with Crippen molar-refractivity contribution in [1.82, 2.24) is 10.3 Å². The largest absolute Gasteiger partial charge is 0.316 e. The Morgan fingerprint density at radius 3 is 2.79 bits per heavy atom. The fraction of sp³-hybridized carbons (Fsp3) is 0.417. The van der Waals surface area contributed by atoms with Crippen molar-refractivity contribution in [1.29, 1.82) is 0 Å². The first-order valence-electron chi connectivity index (χ1n) is 4.96. The van der Waals surface area contributed by atoms with Crippen molar-refractivity contribution >= 4 is 0 Å². The molecule has 2 heteroatoms. The zero-order valence-corrected chi connectivity index (χ0v) is 8.37. The highest BCUT2D eigenvalue weighted by molar-refractivity contribution is 5.09. The van der Waals surface area contributed by atoms with Crippen LogP contribution in [0, 0.1) is 12.3 Å². The lowest BCUT2D eigenvalue weighted by Crippen LogP contribution is -2.18. The molecule has 0 saturated heterocycles. The Hall–Kier alpha value is -1.33. The van der Waals surface area contributed by atoms with E-state index in [1.807, 2.05) is 24.5 Å². The van der Waals surface area contributed by atoms with E-state index in [0.29, 0.717) is 0 Å². The minimum absolute atomic E-state index is 0.863. The second-order valence-electron chi connectivity index (χ2n) is 3.16. The van der Waals surface area contributed by atoms with Crippen LogP contribution in [-0.2, 0) is 6.42 Å². The van der Waals surface area contributed by atoms with Gasteiger partial charge in [0.15, 0.2) is 0 Å².